The fraction of sp³-hybridized carbons (Fsp3) is 0.188. The van der Waals surface area contributed by atoms with E-state index in [1.807, 2.05) is 0 Å². The van der Waals surface area contributed by atoms with Crippen LogP contribution in [0.4, 0.5) is 34.6 Å². The molecule has 140 valence electrons. The second-order valence-corrected chi connectivity index (χ2v) is 7.25. The summed E-state index contributed by atoms with van der Waals surface area (Å²) in [5.74, 6) is -1.33. The van der Waals surface area contributed by atoms with Gasteiger partial charge in [-0.3, -0.25) is 4.79 Å². The number of hydrogen-bond acceptors (Lipinski definition) is 4. The van der Waals surface area contributed by atoms with Crippen LogP contribution in [-0.4, -0.2) is 26.9 Å². The van der Waals surface area contributed by atoms with Crippen LogP contribution in [0.1, 0.15) is 6.92 Å². The smallest absolute Gasteiger partial charge is 0.354 e. The number of benzene rings is 2. The number of alkyl halides is 3. The molecule has 0 atom stereocenters. The van der Waals surface area contributed by atoms with Gasteiger partial charge < -0.3 is 10.2 Å². The van der Waals surface area contributed by atoms with Gasteiger partial charge in [0.1, 0.15) is 10.7 Å². The Kier molecular flexibility index (Phi) is 5.26. The summed E-state index contributed by atoms with van der Waals surface area (Å²) in [7, 11) is -4.20. The number of nitrogens with zero attached hydrogens (tertiary/aromatic N) is 1. The highest BCUT2D eigenvalue weighted by Gasteiger charge is 2.48. The molecule has 2 rings (SSSR count). The van der Waals surface area contributed by atoms with Crippen molar-refractivity contribution in [2.75, 3.05) is 17.3 Å². The van der Waals surface area contributed by atoms with Crippen molar-refractivity contribution in [2.24, 2.45) is 0 Å². The van der Waals surface area contributed by atoms with Gasteiger partial charge in [-0.25, -0.2) is 12.8 Å². The Morgan fingerprint density at radius 3 is 2.15 bits per heavy atom. The second-order valence-electron chi connectivity index (χ2n) is 5.34. The van der Waals surface area contributed by atoms with E-state index in [1.54, 1.807) is 7.05 Å². The Hall–Kier alpha value is -2.62. The number of anilines is 3. The van der Waals surface area contributed by atoms with Crippen molar-refractivity contribution in [1.82, 2.24) is 0 Å². The van der Waals surface area contributed by atoms with Crippen molar-refractivity contribution in [3.05, 3.63) is 48.3 Å². The lowest BCUT2D eigenvalue weighted by atomic mass is 10.2. The quantitative estimate of drug-likeness (QED) is 0.806. The Morgan fingerprint density at radius 2 is 1.65 bits per heavy atom. The molecule has 26 heavy (non-hydrogen) atoms. The molecule has 2 aromatic rings. The van der Waals surface area contributed by atoms with Gasteiger partial charge >= 0.3 is 5.51 Å². The van der Waals surface area contributed by atoms with Crippen LogP contribution < -0.4 is 10.2 Å². The van der Waals surface area contributed by atoms with Gasteiger partial charge in [-0.2, -0.15) is 13.2 Å². The van der Waals surface area contributed by atoms with Gasteiger partial charge in [0.25, 0.3) is 9.84 Å². The molecule has 0 aliphatic carbocycles. The van der Waals surface area contributed by atoms with Crippen molar-refractivity contribution in [3.8, 4) is 0 Å². The molecule has 0 saturated heterocycles. The molecule has 0 aromatic heterocycles. The fourth-order valence-corrected chi connectivity index (χ4v) is 2.98. The summed E-state index contributed by atoms with van der Waals surface area (Å²) in [6, 6.07) is 7.99. The van der Waals surface area contributed by atoms with Crippen LogP contribution in [0.15, 0.2) is 47.4 Å². The predicted octanol–water partition coefficient (Wildman–Crippen LogP) is 3.85. The summed E-state index contributed by atoms with van der Waals surface area (Å²) in [5.41, 5.74) is -5.19. The van der Waals surface area contributed by atoms with E-state index < -0.39 is 31.7 Å². The van der Waals surface area contributed by atoms with Gasteiger partial charge in [-0.15, -0.1) is 0 Å². The molecule has 0 saturated carbocycles. The van der Waals surface area contributed by atoms with Crippen LogP contribution in [0.5, 0.6) is 0 Å². The van der Waals surface area contributed by atoms with E-state index in [4.69, 9.17) is 0 Å². The first kappa shape index (κ1) is 19.7. The molecular weight excluding hydrogens is 376 g/mol. The zero-order valence-electron chi connectivity index (χ0n) is 13.6. The molecule has 10 heteroatoms. The number of amides is 1. The first-order chi connectivity index (χ1) is 11.9. The molecule has 0 fully saturated rings. The minimum absolute atomic E-state index is 0.220. The molecule has 0 radical (unpaired) electrons. The molecule has 2 aromatic carbocycles. The van der Waals surface area contributed by atoms with Gasteiger partial charge in [-0.1, -0.05) is 0 Å². The zero-order valence-corrected chi connectivity index (χ0v) is 14.5. The van der Waals surface area contributed by atoms with Gasteiger partial charge in [0, 0.05) is 25.3 Å². The third-order valence-corrected chi connectivity index (χ3v) is 5.07. The van der Waals surface area contributed by atoms with Gasteiger partial charge in [0.05, 0.1) is 5.69 Å². The third-order valence-electron chi connectivity index (χ3n) is 3.54. The average molecular weight is 390 g/mol. The Balaban J connectivity index is 2.41. The SMILES string of the molecule is CC(=O)N(C)c1ccc(Nc2ccc(F)cc2S(=O)(=O)C(F)(F)F)cc1. The number of rotatable bonds is 4. The van der Waals surface area contributed by atoms with Crippen LogP contribution in [0, 0.1) is 5.82 Å². The van der Waals surface area contributed by atoms with E-state index in [0.29, 0.717) is 11.8 Å². The normalized spacial score (nSPS) is 11.9. The van der Waals surface area contributed by atoms with E-state index in [0.717, 1.165) is 12.1 Å². The van der Waals surface area contributed by atoms with Crippen LogP contribution in [0.25, 0.3) is 0 Å². The van der Waals surface area contributed by atoms with E-state index >= 15 is 0 Å². The van der Waals surface area contributed by atoms with Crippen molar-refractivity contribution in [1.29, 1.82) is 0 Å². The number of nitrogens with one attached hydrogen (secondary N) is 1. The van der Waals surface area contributed by atoms with E-state index in [2.05, 4.69) is 5.32 Å². The van der Waals surface area contributed by atoms with Crippen molar-refractivity contribution in [3.63, 3.8) is 0 Å². The highest BCUT2D eigenvalue weighted by molar-refractivity contribution is 7.92. The van der Waals surface area contributed by atoms with Crippen LogP contribution in [0.3, 0.4) is 0 Å². The summed E-state index contributed by atoms with van der Waals surface area (Å²) in [6.07, 6.45) is 0. The summed E-state index contributed by atoms with van der Waals surface area (Å²) in [6.45, 7) is 1.36. The molecule has 0 unspecified atom stereocenters. The molecule has 0 aliphatic heterocycles. The van der Waals surface area contributed by atoms with Crippen LogP contribution in [0.2, 0.25) is 0 Å². The lowest BCUT2D eigenvalue weighted by Gasteiger charge is -2.17. The molecule has 0 bridgehead atoms. The monoisotopic (exact) mass is 390 g/mol. The number of halogens is 4. The average Bonchev–Trinajstić information content (AvgIpc) is 2.55. The Morgan fingerprint density at radius 1 is 1.08 bits per heavy atom. The van der Waals surface area contributed by atoms with Crippen molar-refractivity contribution >= 4 is 32.8 Å². The summed E-state index contributed by atoms with van der Waals surface area (Å²) in [5, 5.41) is 2.52. The van der Waals surface area contributed by atoms with Gasteiger partial charge in [-0.05, 0) is 42.5 Å². The van der Waals surface area contributed by atoms with E-state index in [9.17, 15) is 30.8 Å². The van der Waals surface area contributed by atoms with Crippen molar-refractivity contribution < 1.29 is 30.8 Å². The minimum atomic E-state index is -5.74. The standard InChI is InChI=1S/C16H14F4N2O3S/c1-10(23)22(2)13-6-4-12(5-7-13)21-14-8-3-11(17)9-15(14)26(24,25)16(18,19)20/h3-9,21H,1-2H3. The molecule has 0 aliphatic rings. The molecule has 1 amide bonds. The van der Waals surface area contributed by atoms with Crippen molar-refractivity contribution in [2.45, 2.75) is 17.3 Å². The minimum Gasteiger partial charge on any atom is -0.354 e. The fourth-order valence-electron chi connectivity index (χ4n) is 2.05. The lowest BCUT2D eigenvalue weighted by Crippen LogP contribution is -2.24. The number of carbonyl (C=O) groups is 1. The maximum Gasteiger partial charge on any atom is 0.501 e. The number of sulfone groups is 1. The zero-order chi connectivity index (χ0) is 19.7. The Bertz CT molecular complexity index is 926. The number of hydrogen-bond donors (Lipinski definition) is 1. The Labute approximate surface area is 147 Å². The summed E-state index contributed by atoms with van der Waals surface area (Å²) in [4.78, 5) is 11.4. The number of carbonyl (C=O) groups excluding carboxylic acids is 1. The maximum absolute atomic E-state index is 13.3. The van der Waals surface area contributed by atoms with Crippen LogP contribution >= 0.6 is 0 Å². The highest BCUT2D eigenvalue weighted by Crippen LogP contribution is 2.36. The molecule has 1 N–H and O–H groups in total. The summed E-state index contributed by atoms with van der Waals surface area (Å²) >= 11 is 0. The predicted molar refractivity (Wildman–Crippen MR) is 88.4 cm³/mol. The second kappa shape index (κ2) is 6.94. The lowest BCUT2D eigenvalue weighted by molar-refractivity contribution is -0.116. The largest absolute Gasteiger partial charge is 0.501 e. The first-order valence-corrected chi connectivity index (χ1v) is 8.64. The third kappa shape index (κ3) is 3.96. The topological polar surface area (TPSA) is 66.5 Å². The van der Waals surface area contributed by atoms with Crippen LogP contribution in [-0.2, 0) is 14.6 Å². The molecular formula is C16H14F4N2O3S. The van der Waals surface area contributed by atoms with E-state index in [1.165, 1.54) is 36.1 Å². The molecule has 0 spiro atoms. The van der Waals surface area contributed by atoms with Gasteiger partial charge in [0.15, 0.2) is 0 Å². The highest BCUT2D eigenvalue weighted by atomic mass is 32.2. The first-order valence-electron chi connectivity index (χ1n) is 7.16. The van der Waals surface area contributed by atoms with Gasteiger partial charge in [0.2, 0.25) is 5.91 Å². The molecule has 0 heterocycles. The maximum atomic E-state index is 13.3. The summed E-state index contributed by atoms with van der Waals surface area (Å²) < 4.78 is 75.1. The molecule has 5 nitrogen and oxygen atoms in total. The van der Waals surface area contributed by atoms with E-state index in [-0.39, 0.29) is 11.6 Å².